The first kappa shape index (κ1) is 13.9. The van der Waals surface area contributed by atoms with Crippen LogP contribution in [0.5, 0.6) is 0 Å². The summed E-state index contributed by atoms with van der Waals surface area (Å²) < 4.78 is 0.784. The first-order chi connectivity index (χ1) is 9.49. The van der Waals surface area contributed by atoms with E-state index in [2.05, 4.69) is 15.9 Å². The summed E-state index contributed by atoms with van der Waals surface area (Å²) in [6.45, 7) is 0. The van der Waals surface area contributed by atoms with E-state index in [9.17, 15) is 14.7 Å². The smallest absolute Gasteiger partial charge is 0.308 e. The lowest BCUT2D eigenvalue weighted by atomic mass is 9.89. The van der Waals surface area contributed by atoms with Crippen LogP contribution in [0.25, 0.3) is 0 Å². The third-order valence-electron chi connectivity index (χ3n) is 4.25. The van der Waals surface area contributed by atoms with Crippen molar-refractivity contribution in [1.29, 1.82) is 0 Å². The highest BCUT2D eigenvalue weighted by atomic mass is 79.9. The van der Waals surface area contributed by atoms with E-state index in [-0.39, 0.29) is 18.0 Å². The third-order valence-corrected chi connectivity index (χ3v) is 5.07. The number of hydrogen-bond donors (Lipinski definition) is 1. The van der Waals surface area contributed by atoms with Crippen LogP contribution in [0.15, 0.2) is 22.7 Å². The van der Waals surface area contributed by atoms with Gasteiger partial charge in [-0.2, -0.15) is 0 Å². The van der Waals surface area contributed by atoms with Crippen LogP contribution in [-0.4, -0.2) is 34.0 Å². The number of fused-ring (bicyclic) bond motifs is 2. The van der Waals surface area contributed by atoms with Crippen molar-refractivity contribution in [3.63, 3.8) is 0 Å². The number of carboxylic acid groups (broad SMARTS) is 1. The van der Waals surface area contributed by atoms with Crippen molar-refractivity contribution in [1.82, 2.24) is 4.90 Å². The van der Waals surface area contributed by atoms with Gasteiger partial charge < -0.3 is 10.0 Å². The van der Waals surface area contributed by atoms with Crippen molar-refractivity contribution >= 4 is 39.4 Å². The van der Waals surface area contributed by atoms with E-state index in [1.807, 2.05) is 0 Å². The second-order valence-corrected chi connectivity index (χ2v) is 6.64. The minimum atomic E-state index is -0.810. The summed E-state index contributed by atoms with van der Waals surface area (Å²) in [4.78, 5) is 25.7. The summed E-state index contributed by atoms with van der Waals surface area (Å²) in [5, 5.41) is 9.63. The lowest BCUT2D eigenvalue weighted by molar-refractivity contribution is -0.142. The minimum Gasteiger partial charge on any atom is -0.481 e. The Kier molecular flexibility index (Phi) is 3.50. The fourth-order valence-corrected chi connectivity index (χ4v) is 3.93. The SMILES string of the molecule is O=C(O)C1CC2CCC1N2C(=O)c1cc(Br)ccc1Cl. The standard InChI is InChI=1S/C14H13BrClNO3/c15-7-1-3-11(16)9(5-7)13(18)17-8-2-4-12(17)10(6-8)14(19)20/h1,3,5,8,10,12H,2,4,6H2,(H,19,20). The lowest BCUT2D eigenvalue weighted by Gasteiger charge is -2.23. The van der Waals surface area contributed by atoms with Gasteiger partial charge in [0.05, 0.1) is 16.5 Å². The van der Waals surface area contributed by atoms with Gasteiger partial charge in [0, 0.05) is 16.6 Å². The highest BCUT2D eigenvalue weighted by molar-refractivity contribution is 9.10. The predicted molar refractivity (Wildman–Crippen MR) is 77.9 cm³/mol. The number of halogens is 2. The minimum absolute atomic E-state index is 0.0312. The van der Waals surface area contributed by atoms with Crippen LogP contribution in [0, 0.1) is 5.92 Å². The molecule has 2 aliphatic heterocycles. The normalized spacial score (nSPS) is 27.9. The Bertz CT molecular complexity index is 592. The summed E-state index contributed by atoms with van der Waals surface area (Å²) in [6, 6.07) is 4.98. The number of carbonyl (C=O) groups is 2. The van der Waals surface area contributed by atoms with E-state index in [0.717, 1.165) is 17.3 Å². The van der Waals surface area contributed by atoms with Gasteiger partial charge in [-0.05, 0) is 37.5 Å². The largest absolute Gasteiger partial charge is 0.481 e. The Balaban J connectivity index is 1.92. The summed E-state index contributed by atoms with van der Waals surface area (Å²) in [6.07, 6.45) is 2.20. The molecule has 3 unspecified atom stereocenters. The molecule has 20 heavy (non-hydrogen) atoms. The van der Waals surface area contributed by atoms with Crippen molar-refractivity contribution in [2.24, 2.45) is 5.92 Å². The van der Waals surface area contributed by atoms with Gasteiger partial charge in [0.25, 0.3) is 5.91 Å². The molecule has 1 amide bonds. The summed E-state index contributed by atoms with van der Waals surface area (Å²) in [7, 11) is 0. The molecule has 2 heterocycles. The molecule has 4 nitrogen and oxygen atoms in total. The third kappa shape index (κ3) is 2.13. The molecule has 0 radical (unpaired) electrons. The molecule has 1 aromatic carbocycles. The van der Waals surface area contributed by atoms with Crippen molar-refractivity contribution in [3.8, 4) is 0 Å². The quantitative estimate of drug-likeness (QED) is 0.883. The van der Waals surface area contributed by atoms with E-state index in [1.165, 1.54) is 0 Å². The Labute approximate surface area is 129 Å². The zero-order valence-corrected chi connectivity index (χ0v) is 12.9. The average Bonchev–Trinajstić information content (AvgIpc) is 2.98. The monoisotopic (exact) mass is 357 g/mol. The van der Waals surface area contributed by atoms with Gasteiger partial charge in [0.2, 0.25) is 0 Å². The summed E-state index contributed by atoms with van der Waals surface area (Å²) >= 11 is 9.43. The van der Waals surface area contributed by atoms with Crippen molar-refractivity contribution < 1.29 is 14.7 Å². The van der Waals surface area contributed by atoms with Gasteiger partial charge in [-0.1, -0.05) is 27.5 Å². The van der Waals surface area contributed by atoms with Crippen LogP contribution in [0.1, 0.15) is 29.6 Å². The molecule has 0 saturated carbocycles. The molecule has 0 aliphatic carbocycles. The number of aliphatic carboxylic acids is 1. The van der Waals surface area contributed by atoms with Crippen molar-refractivity contribution in [2.45, 2.75) is 31.3 Å². The van der Waals surface area contributed by atoms with Crippen LogP contribution < -0.4 is 0 Å². The molecule has 1 N–H and O–H groups in total. The Morgan fingerprint density at radius 3 is 2.75 bits per heavy atom. The second-order valence-electron chi connectivity index (χ2n) is 5.32. The van der Waals surface area contributed by atoms with Crippen LogP contribution in [-0.2, 0) is 4.79 Å². The number of nitrogens with zero attached hydrogens (tertiary/aromatic N) is 1. The fourth-order valence-electron chi connectivity index (χ4n) is 3.37. The highest BCUT2D eigenvalue weighted by Gasteiger charge is 2.51. The molecule has 0 aromatic heterocycles. The zero-order valence-electron chi connectivity index (χ0n) is 10.6. The van der Waals surface area contributed by atoms with E-state index in [4.69, 9.17) is 11.6 Å². The van der Waals surface area contributed by atoms with Crippen LogP contribution in [0.3, 0.4) is 0 Å². The van der Waals surface area contributed by atoms with Crippen LogP contribution in [0.2, 0.25) is 5.02 Å². The zero-order chi connectivity index (χ0) is 14.4. The Morgan fingerprint density at radius 1 is 1.35 bits per heavy atom. The topological polar surface area (TPSA) is 57.6 Å². The Morgan fingerprint density at radius 2 is 2.10 bits per heavy atom. The summed E-state index contributed by atoms with van der Waals surface area (Å²) in [5.74, 6) is -1.41. The average molecular weight is 359 g/mol. The molecule has 2 bridgehead atoms. The first-order valence-electron chi connectivity index (χ1n) is 6.49. The molecule has 3 atom stereocenters. The number of hydrogen-bond acceptors (Lipinski definition) is 2. The molecule has 6 heteroatoms. The number of rotatable bonds is 2. The number of amides is 1. The van der Waals surface area contributed by atoms with Gasteiger partial charge in [-0.25, -0.2) is 0 Å². The Hall–Kier alpha value is -1.07. The van der Waals surface area contributed by atoms with Gasteiger partial charge >= 0.3 is 5.97 Å². The van der Waals surface area contributed by atoms with Crippen LogP contribution >= 0.6 is 27.5 Å². The van der Waals surface area contributed by atoms with Gasteiger partial charge in [0.1, 0.15) is 0 Å². The molecule has 1 aromatic rings. The van der Waals surface area contributed by atoms with Crippen LogP contribution in [0.4, 0.5) is 0 Å². The molecule has 3 rings (SSSR count). The van der Waals surface area contributed by atoms with Crippen molar-refractivity contribution in [2.75, 3.05) is 0 Å². The van der Waals surface area contributed by atoms with Crippen molar-refractivity contribution in [3.05, 3.63) is 33.3 Å². The van der Waals surface area contributed by atoms with E-state index < -0.39 is 11.9 Å². The molecule has 2 aliphatic rings. The number of carbonyl (C=O) groups excluding carboxylic acids is 1. The lowest BCUT2D eigenvalue weighted by Crippen LogP contribution is -2.38. The van der Waals surface area contributed by atoms with Gasteiger partial charge in [0.15, 0.2) is 0 Å². The van der Waals surface area contributed by atoms with E-state index >= 15 is 0 Å². The number of carboxylic acids is 1. The second kappa shape index (κ2) is 5.04. The maximum absolute atomic E-state index is 12.7. The fraction of sp³-hybridized carbons (Fsp3) is 0.429. The maximum atomic E-state index is 12.7. The van der Waals surface area contributed by atoms with Gasteiger partial charge in [-0.3, -0.25) is 9.59 Å². The molecular formula is C14H13BrClNO3. The van der Waals surface area contributed by atoms with Gasteiger partial charge in [-0.15, -0.1) is 0 Å². The molecule has 2 saturated heterocycles. The predicted octanol–water partition coefficient (Wildman–Crippen LogP) is 3.18. The molecule has 2 fully saturated rings. The molecular weight excluding hydrogens is 346 g/mol. The number of benzene rings is 1. The van der Waals surface area contributed by atoms with E-state index in [1.54, 1.807) is 23.1 Å². The highest BCUT2D eigenvalue weighted by Crippen LogP contribution is 2.43. The first-order valence-corrected chi connectivity index (χ1v) is 7.66. The molecule has 106 valence electrons. The maximum Gasteiger partial charge on any atom is 0.308 e. The van der Waals surface area contributed by atoms with E-state index in [0.29, 0.717) is 17.0 Å². The summed E-state index contributed by atoms with van der Waals surface area (Å²) in [5.41, 5.74) is 0.434. The molecule has 0 spiro atoms.